The predicted molar refractivity (Wildman–Crippen MR) is 81.7 cm³/mol. The lowest BCUT2D eigenvalue weighted by Gasteiger charge is -2.26. The number of nitrogens with zero attached hydrogens (tertiary/aromatic N) is 1. The first kappa shape index (κ1) is 18.3. The molecule has 2 rings (SSSR count). The number of hydrogen-bond acceptors (Lipinski definition) is 2. The fourth-order valence-electron chi connectivity index (χ4n) is 3.12. The van der Waals surface area contributed by atoms with Crippen molar-refractivity contribution in [3.63, 3.8) is 0 Å². The highest BCUT2D eigenvalue weighted by Crippen LogP contribution is 2.33. The van der Waals surface area contributed by atoms with E-state index in [-0.39, 0.29) is 11.7 Å². The third-order valence-corrected chi connectivity index (χ3v) is 4.38. The summed E-state index contributed by atoms with van der Waals surface area (Å²) in [7, 11) is 0. The maximum absolute atomic E-state index is 12.9. The smallest absolute Gasteiger partial charge is 0.406 e. The van der Waals surface area contributed by atoms with Gasteiger partial charge < -0.3 is 4.74 Å². The second-order valence-electron chi connectivity index (χ2n) is 6.14. The molecule has 1 saturated carbocycles. The van der Waals surface area contributed by atoms with Crippen LogP contribution in [0.15, 0.2) is 36.2 Å². The van der Waals surface area contributed by atoms with Crippen molar-refractivity contribution in [1.29, 1.82) is 5.26 Å². The van der Waals surface area contributed by atoms with Crippen LogP contribution in [0.1, 0.15) is 37.7 Å². The van der Waals surface area contributed by atoms with Crippen molar-refractivity contribution in [2.24, 2.45) is 11.8 Å². The molecule has 1 fully saturated rings. The van der Waals surface area contributed by atoms with Gasteiger partial charge in [0, 0.05) is 0 Å². The molecule has 1 aromatic carbocycles. The van der Waals surface area contributed by atoms with Crippen LogP contribution in [-0.2, 0) is 6.42 Å². The molecular weight excluding hydrogens is 322 g/mol. The molecule has 0 saturated heterocycles. The minimum absolute atomic E-state index is 0.139. The maximum Gasteiger partial charge on any atom is 0.573 e. The van der Waals surface area contributed by atoms with Gasteiger partial charge in [0.05, 0.1) is 0 Å². The van der Waals surface area contributed by atoms with Crippen molar-refractivity contribution in [3.8, 4) is 11.8 Å². The van der Waals surface area contributed by atoms with Crippen LogP contribution in [0.5, 0.6) is 5.75 Å². The number of alkyl halides is 3. The largest absolute Gasteiger partial charge is 0.573 e. The van der Waals surface area contributed by atoms with Crippen LogP contribution in [-0.4, -0.2) is 6.36 Å². The average Bonchev–Trinajstić information content (AvgIpc) is 2.54. The standard InChI is InChI=1S/C18H19F4NO/c19-16(12-23)11-15-5-3-13(4-6-15)1-2-14-7-9-17(10-8-14)24-18(20,21)22/h7-11,13,15H,1-6H2/b16-11-/t13-,15-. The number of ether oxygens (including phenoxy) is 1. The van der Waals surface area contributed by atoms with Crippen LogP contribution >= 0.6 is 0 Å². The number of aryl methyl sites for hydroxylation is 1. The van der Waals surface area contributed by atoms with Crippen molar-refractivity contribution in [1.82, 2.24) is 0 Å². The monoisotopic (exact) mass is 341 g/mol. The molecule has 130 valence electrons. The third-order valence-electron chi connectivity index (χ3n) is 4.38. The van der Waals surface area contributed by atoms with E-state index in [1.807, 2.05) is 0 Å². The van der Waals surface area contributed by atoms with E-state index < -0.39 is 12.2 Å². The number of hydrogen-bond donors (Lipinski definition) is 0. The zero-order chi connectivity index (χ0) is 17.6. The van der Waals surface area contributed by atoms with E-state index in [2.05, 4.69) is 4.74 Å². The molecule has 24 heavy (non-hydrogen) atoms. The summed E-state index contributed by atoms with van der Waals surface area (Å²) in [5.74, 6) is -0.247. The van der Waals surface area contributed by atoms with Gasteiger partial charge in [0.15, 0.2) is 5.83 Å². The summed E-state index contributed by atoms with van der Waals surface area (Å²) in [6, 6.07) is 7.46. The molecular formula is C18H19F4NO. The molecule has 0 N–H and O–H groups in total. The van der Waals surface area contributed by atoms with Crippen molar-refractivity contribution < 1.29 is 22.3 Å². The Morgan fingerprint density at radius 2 is 1.79 bits per heavy atom. The van der Waals surface area contributed by atoms with E-state index in [1.54, 1.807) is 12.1 Å². The second kappa shape index (κ2) is 8.18. The van der Waals surface area contributed by atoms with Crippen molar-refractivity contribution in [3.05, 3.63) is 41.7 Å². The highest BCUT2D eigenvalue weighted by Gasteiger charge is 2.31. The van der Waals surface area contributed by atoms with E-state index >= 15 is 0 Å². The Hall–Kier alpha value is -2.03. The zero-order valence-corrected chi connectivity index (χ0v) is 13.2. The normalized spacial score (nSPS) is 22.0. The van der Waals surface area contributed by atoms with E-state index in [0.29, 0.717) is 5.92 Å². The molecule has 0 heterocycles. The van der Waals surface area contributed by atoms with Gasteiger partial charge in [-0.05, 0) is 74.1 Å². The lowest BCUT2D eigenvalue weighted by atomic mass is 9.79. The Balaban J connectivity index is 1.76. The number of nitriles is 1. The average molecular weight is 341 g/mol. The van der Waals surface area contributed by atoms with Crippen molar-refractivity contribution in [2.75, 3.05) is 0 Å². The Bertz CT molecular complexity index is 593. The molecule has 0 aromatic heterocycles. The summed E-state index contributed by atoms with van der Waals surface area (Å²) in [6.45, 7) is 0. The van der Waals surface area contributed by atoms with Gasteiger partial charge in [0.2, 0.25) is 0 Å². The van der Waals surface area contributed by atoms with E-state index in [0.717, 1.165) is 44.1 Å². The molecule has 0 atom stereocenters. The summed E-state index contributed by atoms with van der Waals surface area (Å²) in [5, 5.41) is 8.45. The first-order valence-electron chi connectivity index (χ1n) is 7.98. The number of allylic oxidation sites excluding steroid dienone is 2. The summed E-state index contributed by atoms with van der Waals surface area (Å²) in [6.07, 6.45) is 2.20. The molecule has 0 unspecified atom stereocenters. The molecule has 0 aliphatic heterocycles. The lowest BCUT2D eigenvalue weighted by Crippen LogP contribution is -2.17. The SMILES string of the molecule is N#C/C(F)=C/[C@H]1CC[C@H](CCc2ccc(OC(F)(F)F)cc2)CC1. The van der Waals surface area contributed by atoms with Crippen LogP contribution < -0.4 is 4.74 Å². The molecule has 0 amide bonds. The zero-order valence-electron chi connectivity index (χ0n) is 13.2. The third kappa shape index (κ3) is 6.23. The van der Waals surface area contributed by atoms with E-state index in [9.17, 15) is 17.6 Å². The number of halogens is 4. The first-order valence-corrected chi connectivity index (χ1v) is 7.98. The molecule has 0 bridgehead atoms. The Morgan fingerprint density at radius 1 is 1.17 bits per heavy atom. The van der Waals surface area contributed by atoms with Gasteiger partial charge in [0.1, 0.15) is 11.8 Å². The summed E-state index contributed by atoms with van der Waals surface area (Å²) < 4.78 is 53.1. The van der Waals surface area contributed by atoms with Crippen LogP contribution in [0.4, 0.5) is 17.6 Å². The van der Waals surface area contributed by atoms with Gasteiger partial charge in [-0.3, -0.25) is 0 Å². The minimum Gasteiger partial charge on any atom is -0.406 e. The van der Waals surface area contributed by atoms with Gasteiger partial charge in [-0.2, -0.15) is 9.65 Å². The van der Waals surface area contributed by atoms with Crippen LogP contribution in [0.2, 0.25) is 0 Å². The summed E-state index contributed by atoms with van der Waals surface area (Å²) >= 11 is 0. The van der Waals surface area contributed by atoms with E-state index in [1.165, 1.54) is 24.3 Å². The number of rotatable bonds is 5. The lowest BCUT2D eigenvalue weighted by molar-refractivity contribution is -0.274. The topological polar surface area (TPSA) is 33.0 Å². The molecule has 6 heteroatoms. The van der Waals surface area contributed by atoms with Crippen LogP contribution in [0.25, 0.3) is 0 Å². The quantitative estimate of drug-likeness (QED) is 0.508. The number of benzene rings is 1. The van der Waals surface area contributed by atoms with E-state index in [4.69, 9.17) is 5.26 Å². The molecule has 1 aliphatic rings. The van der Waals surface area contributed by atoms with Gasteiger partial charge >= 0.3 is 6.36 Å². The fourth-order valence-corrected chi connectivity index (χ4v) is 3.12. The highest BCUT2D eigenvalue weighted by atomic mass is 19.4. The summed E-state index contributed by atoms with van der Waals surface area (Å²) in [4.78, 5) is 0. The van der Waals surface area contributed by atoms with Gasteiger partial charge in [-0.15, -0.1) is 13.2 Å². The molecule has 1 aliphatic carbocycles. The maximum atomic E-state index is 12.9. The first-order chi connectivity index (χ1) is 11.4. The van der Waals surface area contributed by atoms with Gasteiger partial charge in [0.25, 0.3) is 0 Å². The second-order valence-corrected chi connectivity index (χ2v) is 6.14. The fraction of sp³-hybridized carbons (Fsp3) is 0.500. The Labute approximate surface area is 138 Å². The Morgan fingerprint density at radius 3 is 2.33 bits per heavy atom. The molecule has 1 aromatic rings. The highest BCUT2D eigenvalue weighted by molar-refractivity contribution is 5.27. The molecule has 2 nitrogen and oxygen atoms in total. The van der Waals surface area contributed by atoms with Gasteiger partial charge in [-0.25, -0.2) is 0 Å². The summed E-state index contributed by atoms with van der Waals surface area (Å²) in [5.41, 5.74) is 0.974. The van der Waals surface area contributed by atoms with Crippen molar-refractivity contribution in [2.45, 2.75) is 44.9 Å². The van der Waals surface area contributed by atoms with Crippen LogP contribution in [0.3, 0.4) is 0 Å². The van der Waals surface area contributed by atoms with Crippen LogP contribution in [0, 0.1) is 23.2 Å². The Kier molecular flexibility index (Phi) is 6.24. The molecule has 0 spiro atoms. The minimum atomic E-state index is -4.67. The predicted octanol–water partition coefficient (Wildman–Crippen LogP) is 5.70. The van der Waals surface area contributed by atoms with Gasteiger partial charge in [-0.1, -0.05) is 12.1 Å². The molecule has 0 radical (unpaired) electrons. The van der Waals surface area contributed by atoms with Crippen molar-refractivity contribution >= 4 is 0 Å².